The molecule has 0 amide bonds. The first kappa shape index (κ1) is 10.0. The Morgan fingerprint density at radius 1 is 1.21 bits per heavy atom. The average Bonchev–Trinajstić information content (AvgIpc) is 2.18. The predicted octanol–water partition coefficient (Wildman–Crippen LogP) is 3.12. The smallest absolute Gasteiger partial charge is 0.0411 e. The number of piperidine rings is 1. The zero-order valence-corrected chi connectivity index (χ0v) is 9.27. The number of hydrogen-bond acceptors (Lipinski definition) is 1. The predicted molar refractivity (Wildman–Crippen MR) is 61.0 cm³/mol. The summed E-state index contributed by atoms with van der Waals surface area (Å²) in [6, 6.07) is 6.40. The van der Waals surface area contributed by atoms with Crippen LogP contribution in [0.1, 0.15) is 29.9 Å². The van der Waals surface area contributed by atoms with E-state index in [9.17, 15) is 0 Å². The average molecular weight is 210 g/mol. The van der Waals surface area contributed by atoms with Crippen molar-refractivity contribution >= 4 is 11.6 Å². The summed E-state index contributed by atoms with van der Waals surface area (Å²) in [6.07, 6.45) is 2.47. The molecule has 1 fully saturated rings. The second-order valence-electron chi connectivity index (χ2n) is 4.09. The van der Waals surface area contributed by atoms with Crippen molar-refractivity contribution in [1.82, 2.24) is 5.32 Å². The van der Waals surface area contributed by atoms with Crippen LogP contribution < -0.4 is 5.32 Å². The molecule has 1 aromatic carbocycles. The van der Waals surface area contributed by atoms with Crippen LogP contribution in [0.5, 0.6) is 0 Å². The molecule has 1 saturated heterocycles. The van der Waals surface area contributed by atoms with Crippen LogP contribution in [0.3, 0.4) is 0 Å². The van der Waals surface area contributed by atoms with E-state index in [1.165, 1.54) is 24.0 Å². The number of halogens is 1. The molecule has 1 N–H and O–H groups in total. The monoisotopic (exact) mass is 209 g/mol. The fourth-order valence-corrected chi connectivity index (χ4v) is 2.45. The van der Waals surface area contributed by atoms with Gasteiger partial charge in [-0.1, -0.05) is 17.7 Å². The van der Waals surface area contributed by atoms with Crippen molar-refractivity contribution < 1.29 is 0 Å². The van der Waals surface area contributed by atoms with Gasteiger partial charge in [0.25, 0.3) is 0 Å². The first-order valence-electron chi connectivity index (χ1n) is 5.23. The third-order valence-electron chi connectivity index (χ3n) is 2.88. The van der Waals surface area contributed by atoms with Gasteiger partial charge in [0.15, 0.2) is 0 Å². The van der Waals surface area contributed by atoms with Crippen LogP contribution in [-0.4, -0.2) is 13.1 Å². The third-order valence-corrected chi connectivity index (χ3v) is 3.09. The van der Waals surface area contributed by atoms with Crippen molar-refractivity contribution in [3.63, 3.8) is 0 Å². The Kier molecular flexibility index (Phi) is 3.09. The van der Waals surface area contributed by atoms with Gasteiger partial charge in [-0.05, 0) is 62.0 Å². The maximum Gasteiger partial charge on any atom is 0.0411 e. The van der Waals surface area contributed by atoms with Crippen molar-refractivity contribution in [2.75, 3.05) is 13.1 Å². The van der Waals surface area contributed by atoms with Crippen molar-refractivity contribution in [3.05, 3.63) is 34.3 Å². The quantitative estimate of drug-likeness (QED) is 0.750. The zero-order valence-electron chi connectivity index (χ0n) is 8.52. The highest BCUT2D eigenvalue weighted by molar-refractivity contribution is 6.30. The molecule has 2 heteroatoms. The molecule has 0 radical (unpaired) electrons. The minimum absolute atomic E-state index is 0.702. The standard InChI is InChI=1S/C12H16ClN/c1-9-6-11(8-12(13)7-9)10-2-4-14-5-3-10/h6-8,10,14H,2-5H2,1H3. The Bertz CT molecular complexity index is 296. The maximum absolute atomic E-state index is 6.05. The number of aryl methyl sites for hydroxylation is 1. The Labute approximate surface area is 90.5 Å². The molecule has 1 heterocycles. The molecule has 0 spiro atoms. The first-order valence-corrected chi connectivity index (χ1v) is 5.61. The lowest BCUT2D eigenvalue weighted by molar-refractivity contribution is 0.460. The van der Waals surface area contributed by atoms with Crippen molar-refractivity contribution in [2.45, 2.75) is 25.7 Å². The van der Waals surface area contributed by atoms with Crippen LogP contribution in [0.2, 0.25) is 5.02 Å². The second kappa shape index (κ2) is 4.33. The summed E-state index contributed by atoms with van der Waals surface area (Å²) in [5, 5.41) is 4.25. The molecule has 1 aromatic rings. The molecule has 76 valence electrons. The highest BCUT2D eigenvalue weighted by Gasteiger charge is 2.15. The molecule has 14 heavy (non-hydrogen) atoms. The summed E-state index contributed by atoms with van der Waals surface area (Å²) in [7, 11) is 0. The van der Waals surface area contributed by atoms with E-state index in [1.54, 1.807) is 0 Å². The summed E-state index contributed by atoms with van der Waals surface area (Å²) in [5.41, 5.74) is 2.68. The summed E-state index contributed by atoms with van der Waals surface area (Å²) < 4.78 is 0. The zero-order chi connectivity index (χ0) is 9.97. The topological polar surface area (TPSA) is 12.0 Å². The highest BCUT2D eigenvalue weighted by Crippen LogP contribution is 2.28. The van der Waals surface area contributed by atoms with Gasteiger partial charge in [0.1, 0.15) is 0 Å². The lowest BCUT2D eigenvalue weighted by atomic mass is 9.89. The third kappa shape index (κ3) is 2.28. The Balaban J connectivity index is 2.21. The Morgan fingerprint density at radius 2 is 1.93 bits per heavy atom. The number of nitrogens with one attached hydrogen (secondary N) is 1. The first-order chi connectivity index (χ1) is 6.75. The summed E-state index contributed by atoms with van der Waals surface area (Å²) in [6.45, 7) is 4.38. The number of rotatable bonds is 1. The van der Waals surface area contributed by atoms with Crippen molar-refractivity contribution in [3.8, 4) is 0 Å². The molecule has 1 aliphatic heterocycles. The van der Waals surface area contributed by atoms with Gasteiger partial charge in [-0.25, -0.2) is 0 Å². The van der Waals surface area contributed by atoms with E-state index in [2.05, 4.69) is 24.4 Å². The number of hydrogen-bond donors (Lipinski definition) is 1. The molecule has 0 unspecified atom stereocenters. The maximum atomic E-state index is 6.05. The van der Waals surface area contributed by atoms with Gasteiger partial charge in [-0.3, -0.25) is 0 Å². The van der Waals surface area contributed by atoms with Gasteiger partial charge < -0.3 is 5.32 Å². The molecule has 1 nitrogen and oxygen atoms in total. The van der Waals surface area contributed by atoms with Gasteiger partial charge >= 0.3 is 0 Å². The summed E-state index contributed by atoms with van der Waals surface area (Å²) in [5.74, 6) is 0.702. The van der Waals surface area contributed by atoms with E-state index in [-0.39, 0.29) is 0 Å². The Morgan fingerprint density at radius 3 is 2.57 bits per heavy atom. The van der Waals surface area contributed by atoms with Gasteiger partial charge in [0.2, 0.25) is 0 Å². The molecule has 0 atom stereocenters. The van der Waals surface area contributed by atoms with E-state index < -0.39 is 0 Å². The van der Waals surface area contributed by atoms with Crippen molar-refractivity contribution in [2.24, 2.45) is 0 Å². The van der Waals surface area contributed by atoms with E-state index in [4.69, 9.17) is 11.6 Å². The van der Waals surface area contributed by atoms with Crippen LogP contribution in [0.25, 0.3) is 0 Å². The largest absolute Gasteiger partial charge is 0.317 e. The molecule has 0 saturated carbocycles. The van der Waals surface area contributed by atoms with Gasteiger partial charge in [0.05, 0.1) is 0 Å². The molecule has 0 bridgehead atoms. The van der Waals surface area contributed by atoms with Crippen LogP contribution in [-0.2, 0) is 0 Å². The molecular weight excluding hydrogens is 194 g/mol. The van der Waals surface area contributed by atoms with E-state index in [0.29, 0.717) is 5.92 Å². The van der Waals surface area contributed by atoms with E-state index in [1.807, 2.05) is 6.07 Å². The van der Waals surface area contributed by atoms with Crippen LogP contribution >= 0.6 is 11.6 Å². The van der Waals surface area contributed by atoms with Crippen LogP contribution in [0, 0.1) is 6.92 Å². The molecular formula is C12H16ClN. The summed E-state index contributed by atoms with van der Waals surface area (Å²) >= 11 is 6.05. The normalized spacial score (nSPS) is 18.4. The lowest BCUT2D eigenvalue weighted by Gasteiger charge is -2.23. The lowest BCUT2D eigenvalue weighted by Crippen LogP contribution is -2.26. The van der Waals surface area contributed by atoms with Crippen LogP contribution in [0.4, 0.5) is 0 Å². The SMILES string of the molecule is Cc1cc(Cl)cc(C2CCNCC2)c1. The number of benzene rings is 1. The minimum Gasteiger partial charge on any atom is -0.317 e. The van der Waals surface area contributed by atoms with Gasteiger partial charge in [0, 0.05) is 5.02 Å². The van der Waals surface area contributed by atoms with E-state index in [0.717, 1.165) is 18.1 Å². The van der Waals surface area contributed by atoms with Gasteiger partial charge in [-0.15, -0.1) is 0 Å². The molecule has 0 aliphatic carbocycles. The van der Waals surface area contributed by atoms with Crippen LogP contribution in [0.15, 0.2) is 18.2 Å². The molecule has 1 aliphatic rings. The van der Waals surface area contributed by atoms with E-state index >= 15 is 0 Å². The molecule has 2 rings (SSSR count). The fraction of sp³-hybridized carbons (Fsp3) is 0.500. The second-order valence-corrected chi connectivity index (χ2v) is 4.52. The molecule has 0 aromatic heterocycles. The highest BCUT2D eigenvalue weighted by atomic mass is 35.5. The Hall–Kier alpha value is -0.530. The van der Waals surface area contributed by atoms with Gasteiger partial charge in [-0.2, -0.15) is 0 Å². The summed E-state index contributed by atoms with van der Waals surface area (Å²) in [4.78, 5) is 0. The van der Waals surface area contributed by atoms with Crippen molar-refractivity contribution in [1.29, 1.82) is 0 Å². The fourth-order valence-electron chi connectivity index (χ4n) is 2.16. The minimum atomic E-state index is 0.702.